The smallest absolute Gasteiger partial charge is 0.264 e. The van der Waals surface area contributed by atoms with E-state index < -0.39 is 32.3 Å². The minimum Gasteiger partial charge on any atom is -0.322 e. The molecule has 2 aliphatic rings. The van der Waals surface area contributed by atoms with Gasteiger partial charge in [-0.2, -0.15) is 0 Å². The first-order valence-corrected chi connectivity index (χ1v) is 9.37. The Kier molecular flexibility index (Phi) is 4.95. The van der Waals surface area contributed by atoms with Gasteiger partial charge in [-0.15, -0.1) is 0 Å². The maximum absolute atomic E-state index is 13.7. The topological polar surface area (TPSA) is 63.4 Å². The van der Waals surface area contributed by atoms with Crippen LogP contribution in [-0.4, -0.2) is 54.9 Å². The number of likely N-dealkylation sites (tertiary alicyclic amines) is 1. The molecule has 0 unspecified atom stereocenters. The Morgan fingerprint density at radius 1 is 1.19 bits per heavy atom. The Morgan fingerprint density at radius 3 is 2.29 bits per heavy atom. The summed E-state index contributed by atoms with van der Waals surface area (Å²) in [4.78, 5) is 2.22. The summed E-state index contributed by atoms with van der Waals surface area (Å²) in [6.07, 6.45) is 1.25. The van der Waals surface area contributed by atoms with E-state index in [0.29, 0.717) is 32.0 Å². The van der Waals surface area contributed by atoms with Crippen LogP contribution in [0.15, 0.2) is 0 Å². The monoisotopic (exact) mass is 324 g/mol. The fraction of sp³-hybridized carbons (Fsp3) is 1.00. The van der Waals surface area contributed by atoms with Crippen LogP contribution in [0.5, 0.6) is 0 Å². The molecule has 1 aliphatic carbocycles. The predicted molar refractivity (Wildman–Crippen MR) is 79.2 cm³/mol. The average Bonchev–Trinajstić information content (AvgIpc) is 2.41. The minimum absolute atomic E-state index is 0.232. The molecule has 0 aromatic rings. The highest BCUT2D eigenvalue weighted by Gasteiger charge is 2.51. The molecule has 0 spiro atoms. The zero-order chi connectivity index (χ0) is 15.8. The lowest BCUT2D eigenvalue weighted by atomic mass is 9.92. The van der Waals surface area contributed by atoms with E-state index >= 15 is 0 Å². The molecule has 1 aliphatic heterocycles. The van der Waals surface area contributed by atoms with Gasteiger partial charge in [0.1, 0.15) is 0 Å². The van der Waals surface area contributed by atoms with E-state index in [0.717, 1.165) is 0 Å². The van der Waals surface area contributed by atoms with Crippen LogP contribution >= 0.6 is 0 Å². The van der Waals surface area contributed by atoms with Crippen molar-refractivity contribution < 1.29 is 17.2 Å². The van der Waals surface area contributed by atoms with Crippen LogP contribution < -0.4 is 5.73 Å². The molecule has 2 fully saturated rings. The molecular weight excluding hydrogens is 298 g/mol. The van der Waals surface area contributed by atoms with Crippen LogP contribution in [0.1, 0.15) is 46.0 Å². The number of nitrogens with zero attached hydrogens (tertiary/aromatic N) is 1. The number of sulfone groups is 1. The normalized spacial score (nSPS) is 32.5. The average molecular weight is 324 g/mol. The Balaban J connectivity index is 2.08. The van der Waals surface area contributed by atoms with Crippen LogP contribution in [0.3, 0.4) is 0 Å². The number of halogens is 2. The highest BCUT2D eigenvalue weighted by atomic mass is 32.2. The van der Waals surface area contributed by atoms with Gasteiger partial charge in [0.05, 0.1) is 16.5 Å². The van der Waals surface area contributed by atoms with Gasteiger partial charge in [-0.1, -0.05) is 0 Å². The molecule has 0 amide bonds. The quantitative estimate of drug-likeness (QED) is 0.860. The fourth-order valence-corrected chi connectivity index (χ4v) is 5.96. The highest BCUT2D eigenvalue weighted by Crippen LogP contribution is 2.37. The summed E-state index contributed by atoms with van der Waals surface area (Å²) in [7, 11) is -3.59. The summed E-state index contributed by atoms with van der Waals surface area (Å²) >= 11 is 0. The van der Waals surface area contributed by atoms with E-state index in [9.17, 15) is 17.2 Å². The molecule has 7 heteroatoms. The van der Waals surface area contributed by atoms with Crippen LogP contribution in [0, 0.1) is 0 Å². The van der Waals surface area contributed by atoms with E-state index in [1.807, 2.05) is 0 Å². The summed E-state index contributed by atoms with van der Waals surface area (Å²) in [6.45, 7) is 5.57. The van der Waals surface area contributed by atoms with Crippen molar-refractivity contribution in [3.63, 3.8) is 0 Å². The van der Waals surface area contributed by atoms with E-state index in [1.165, 1.54) is 0 Å². The van der Waals surface area contributed by atoms with E-state index in [1.54, 1.807) is 0 Å². The summed E-state index contributed by atoms with van der Waals surface area (Å²) < 4.78 is 52.8. The van der Waals surface area contributed by atoms with Crippen molar-refractivity contribution in [1.82, 2.24) is 4.90 Å². The van der Waals surface area contributed by atoms with E-state index in [2.05, 4.69) is 18.7 Å². The fourth-order valence-electron chi connectivity index (χ4n) is 3.49. The van der Waals surface area contributed by atoms with Crippen molar-refractivity contribution >= 4 is 9.84 Å². The summed E-state index contributed by atoms with van der Waals surface area (Å²) in [5.41, 5.74) is 5.59. The third-order valence-corrected chi connectivity index (χ3v) is 7.75. The van der Waals surface area contributed by atoms with Crippen molar-refractivity contribution in [3.05, 3.63) is 0 Å². The lowest BCUT2D eigenvalue weighted by Crippen LogP contribution is -2.57. The SMILES string of the molecule is CC(C)N1CCC(S(=O)(=O)[C@H]2CCCC(F)(F)[C@@H]2N)CC1. The zero-order valence-corrected chi connectivity index (χ0v) is 13.6. The predicted octanol–water partition coefficient (Wildman–Crippen LogP) is 1.79. The zero-order valence-electron chi connectivity index (χ0n) is 12.8. The Morgan fingerprint density at radius 2 is 1.76 bits per heavy atom. The van der Waals surface area contributed by atoms with Gasteiger partial charge in [0.2, 0.25) is 0 Å². The molecule has 2 N–H and O–H groups in total. The van der Waals surface area contributed by atoms with E-state index in [4.69, 9.17) is 5.73 Å². The molecule has 124 valence electrons. The molecule has 1 saturated carbocycles. The van der Waals surface area contributed by atoms with Gasteiger partial charge >= 0.3 is 0 Å². The molecule has 0 aromatic carbocycles. The molecule has 2 rings (SSSR count). The molecule has 0 bridgehead atoms. The molecule has 0 aromatic heterocycles. The van der Waals surface area contributed by atoms with E-state index in [-0.39, 0.29) is 19.3 Å². The Labute approximate surface area is 126 Å². The third kappa shape index (κ3) is 3.40. The number of nitrogens with two attached hydrogens (primary N) is 1. The third-order valence-electron chi connectivity index (χ3n) is 4.98. The molecule has 4 nitrogen and oxygen atoms in total. The summed E-state index contributed by atoms with van der Waals surface area (Å²) in [5.74, 6) is -3.06. The van der Waals surface area contributed by atoms with Gasteiger partial charge in [0, 0.05) is 12.5 Å². The standard InChI is InChI=1S/C14H26F2N2O2S/c1-10(2)18-8-5-11(6-9-18)21(19,20)12-4-3-7-14(15,16)13(12)17/h10-13H,3-9,17H2,1-2H3/t12-,13+/m0/s1. The van der Waals surface area contributed by atoms with Crippen molar-refractivity contribution in [2.45, 2.75) is 74.5 Å². The van der Waals surface area contributed by atoms with Gasteiger partial charge < -0.3 is 10.6 Å². The minimum atomic E-state index is -3.59. The number of rotatable bonds is 3. The van der Waals surface area contributed by atoms with Crippen LogP contribution in [0.2, 0.25) is 0 Å². The van der Waals surface area contributed by atoms with Gasteiger partial charge in [-0.25, -0.2) is 17.2 Å². The lowest BCUT2D eigenvalue weighted by Gasteiger charge is -2.39. The summed E-state index contributed by atoms with van der Waals surface area (Å²) in [5, 5.41) is -1.60. The van der Waals surface area contributed by atoms with Crippen LogP contribution in [0.25, 0.3) is 0 Å². The van der Waals surface area contributed by atoms with Crippen molar-refractivity contribution in [3.8, 4) is 0 Å². The Bertz CT molecular complexity index is 460. The second kappa shape index (κ2) is 6.08. The number of hydrogen-bond donors (Lipinski definition) is 1. The molecule has 2 atom stereocenters. The first-order chi connectivity index (χ1) is 9.66. The number of hydrogen-bond acceptors (Lipinski definition) is 4. The van der Waals surface area contributed by atoms with Crippen LogP contribution in [0.4, 0.5) is 8.78 Å². The summed E-state index contributed by atoms with van der Waals surface area (Å²) in [6, 6.07) is -1.17. The van der Waals surface area contributed by atoms with Crippen LogP contribution in [-0.2, 0) is 9.84 Å². The van der Waals surface area contributed by atoms with Gasteiger partial charge in [-0.05, 0) is 52.6 Å². The van der Waals surface area contributed by atoms with Crippen molar-refractivity contribution in [2.24, 2.45) is 5.73 Å². The first kappa shape index (κ1) is 17.1. The van der Waals surface area contributed by atoms with Crippen molar-refractivity contribution in [1.29, 1.82) is 0 Å². The van der Waals surface area contributed by atoms with Crippen molar-refractivity contribution in [2.75, 3.05) is 13.1 Å². The second-order valence-electron chi connectivity index (χ2n) is 6.64. The highest BCUT2D eigenvalue weighted by molar-refractivity contribution is 7.92. The second-order valence-corrected chi connectivity index (χ2v) is 9.09. The molecular formula is C14H26F2N2O2S. The largest absolute Gasteiger partial charge is 0.322 e. The van der Waals surface area contributed by atoms with Gasteiger partial charge in [0.25, 0.3) is 5.92 Å². The molecule has 1 heterocycles. The number of alkyl halides is 2. The molecule has 21 heavy (non-hydrogen) atoms. The maximum atomic E-state index is 13.7. The first-order valence-electron chi connectivity index (χ1n) is 7.76. The molecule has 0 radical (unpaired) electrons. The molecule has 1 saturated heterocycles. The number of piperidine rings is 1. The van der Waals surface area contributed by atoms with Gasteiger partial charge in [0.15, 0.2) is 9.84 Å². The van der Waals surface area contributed by atoms with Gasteiger partial charge in [-0.3, -0.25) is 0 Å². The Hall–Kier alpha value is -0.270. The lowest BCUT2D eigenvalue weighted by molar-refractivity contribution is -0.0501. The maximum Gasteiger partial charge on any atom is 0.264 e.